The number of rotatable bonds is 6. The van der Waals surface area contributed by atoms with E-state index in [-0.39, 0.29) is 5.91 Å². The summed E-state index contributed by atoms with van der Waals surface area (Å²) in [6.45, 7) is 15.5. The number of carbonyl (C=O) groups is 1. The van der Waals surface area contributed by atoms with Crippen LogP contribution in [0.4, 0.5) is 0 Å². The Balaban J connectivity index is 0. The van der Waals surface area contributed by atoms with Crippen LogP contribution in [0.2, 0.25) is 0 Å². The molecule has 0 bridgehead atoms. The van der Waals surface area contributed by atoms with Crippen LogP contribution in [-0.2, 0) is 4.79 Å². The molecule has 0 aromatic heterocycles. The van der Waals surface area contributed by atoms with Gasteiger partial charge < -0.3 is 4.90 Å². The number of nitrogens with zero attached hydrogens (tertiary/aromatic N) is 2. The maximum atomic E-state index is 11.7. The van der Waals surface area contributed by atoms with E-state index >= 15 is 0 Å². The van der Waals surface area contributed by atoms with Gasteiger partial charge in [0.1, 0.15) is 0 Å². The molecule has 0 aromatic carbocycles. The summed E-state index contributed by atoms with van der Waals surface area (Å²) in [5, 5.41) is 0. The van der Waals surface area contributed by atoms with Crippen LogP contribution in [-0.4, -0.2) is 48.9 Å². The van der Waals surface area contributed by atoms with Crippen molar-refractivity contribution in [2.24, 2.45) is 5.92 Å². The fourth-order valence-corrected chi connectivity index (χ4v) is 1.60. The van der Waals surface area contributed by atoms with E-state index < -0.39 is 0 Å². The van der Waals surface area contributed by atoms with Gasteiger partial charge in [0, 0.05) is 19.6 Å². The minimum Gasteiger partial charge on any atom is -0.342 e. The third-order valence-corrected chi connectivity index (χ3v) is 2.20. The Morgan fingerprint density at radius 3 is 1.88 bits per heavy atom. The van der Waals surface area contributed by atoms with Crippen molar-refractivity contribution in [2.45, 2.75) is 41.5 Å². The molecule has 0 saturated carbocycles. The van der Waals surface area contributed by atoms with Gasteiger partial charge in [-0.2, -0.15) is 0 Å². The van der Waals surface area contributed by atoms with E-state index in [0.717, 1.165) is 19.6 Å². The molecule has 16 heavy (non-hydrogen) atoms. The fraction of sp³-hybridized carbons (Fsp3) is 0.923. The highest BCUT2D eigenvalue weighted by Gasteiger charge is 2.12. The molecule has 0 aliphatic carbocycles. The molecule has 0 fully saturated rings. The fourth-order valence-electron chi connectivity index (χ4n) is 1.60. The van der Waals surface area contributed by atoms with Crippen molar-refractivity contribution in [1.29, 1.82) is 0 Å². The van der Waals surface area contributed by atoms with E-state index in [4.69, 9.17) is 0 Å². The second-order valence-corrected chi connectivity index (χ2v) is 4.16. The Morgan fingerprint density at radius 1 is 1.12 bits per heavy atom. The Kier molecular flexibility index (Phi) is 12.2. The van der Waals surface area contributed by atoms with Gasteiger partial charge in [-0.1, -0.05) is 27.7 Å². The lowest BCUT2D eigenvalue weighted by Crippen LogP contribution is -2.39. The zero-order chi connectivity index (χ0) is 13.1. The van der Waals surface area contributed by atoms with E-state index in [1.165, 1.54) is 0 Å². The highest BCUT2D eigenvalue weighted by Crippen LogP contribution is 1.97. The standard InChI is InChI=1S/C11H24N2O.C2H6/c1-6-13(7-2)11(14)9-12(5)8-10(3)4;1-2/h10H,6-9H2,1-5H3;1-2H3. The summed E-state index contributed by atoms with van der Waals surface area (Å²) in [5.74, 6) is 0.850. The second-order valence-electron chi connectivity index (χ2n) is 4.16. The monoisotopic (exact) mass is 230 g/mol. The van der Waals surface area contributed by atoms with E-state index in [9.17, 15) is 4.79 Å². The van der Waals surface area contributed by atoms with Crippen molar-refractivity contribution >= 4 is 5.91 Å². The van der Waals surface area contributed by atoms with Crippen molar-refractivity contribution in [3.8, 4) is 0 Å². The van der Waals surface area contributed by atoms with Crippen molar-refractivity contribution in [3.63, 3.8) is 0 Å². The van der Waals surface area contributed by atoms with Crippen LogP contribution in [0, 0.1) is 5.92 Å². The molecule has 1 amide bonds. The average molecular weight is 230 g/mol. The van der Waals surface area contributed by atoms with Gasteiger partial charge in [-0.25, -0.2) is 0 Å². The van der Waals surface area contributed by atoms with Gasteiger partial charge in [-0.05, 0) is 26.8 Å². The quantitative estimate of drug-likeness (QED) is 0.700. The average Bonchev–Trinajstić information content (AvgIpc) is 2.21. The lowest BCUT2D eigenvalue weighted by Gasteiger charge is -2.23. The number of hydrogen-bond acceptors (Lipinski definition) is 2. The summed E-state index contributed by atoms with van der Waals surface area (Å²) in [4.78, 5) is 15.6. The Bertz CT molecular complexity index is 165. The largest absolute Gasteiger partial charge is 0.342 e. The van der Waals surface area contributed by atoms with Gasteiger partial charge >= 0.3 is 0 Å². The third kappa shape index (κ3) is 8.72. The molecule has 0 N–H and O–H groups in total. The number of likely N-dealkylation sites (N-methyl/N-ethyl adjacent to an activating group) is 2. The van der Waals surface area contributed by atoms with Crippen LogP contribution in [0.15, 0.2) is 0 Å². The molecule has 3 heteroatoms. The minimum atomic E-state index is 0.234. The molecule has 0 heterocycles. The van der Waals surface area contributed by atoms with E-state index in [1.807, 2.05) is 39.6 Å². The maximum absolute atomic E-state index is 11.7. The molecule has 0 spiro atoms. The number of amides is 1. The summed E-state index contributed by atoms with van der Waals surface area (Å²) >= 11 is 0. The Morgan fingerprint density at radius 2 is 1.56 bits per heavy atom. The van der Waals surface area contributed by atoms with Crippen molar-refractivity contribution < 1.29 is 4.79 Å². The Labute approximate surface area is 102 Å². The molecule has 0 rings (SSSR count). The van der Waals surface area contributed by atoms with Crippen LogP contribution in [0.3, 0.4) is 0 Å². The molecular formula is C13H30N2O. The summed E-state index contributed by atoms with van der Waals surface area (Å²) in [6, 6.07) is 0. The smallest absolute Gasteiger partial charge is 0.236 e. The molecule has 0 aromatic rings. The SMILES string of the molecule is CC.CCN(CC)C(=O)CN(C)CC(C)C. The highest BCUT2D eigenvalue weighted by molar-refractivity contribution is 5.78. The zero-order valence-electron chi connectivity index (χ0n) is 12.2. The van der Waals surface area contributed by atoms with Crippen LogP contribution in [0.5, 0.6) is 0 Å². The minimum absolute atomic E-state index is 0.234. The normalized spacial score (nSPS) is 10.1. The Hall–Kier alpha value is -0.570. The van der Waals surface area contributed by atoms with Crippen molar-refractivity contribution in [3.05, 3.63) is 0 Å². The summed E-state index contributed by atoms with van der Waals surface area (Å²) in [7, 11) is 2.00. The van der Waals surface area contributed by atoms with Gasteiger partial charge in [0.05, 0.1) is 6.54 Å². The molecule has 0 atom stereocenters. The lowest BCUT2D eigenvalue weighted by atomic mass is 10.2. The molecule has 0 saturated heterocycles. The van der Waals surface area contributed by atoms with Gasteiger partial charge in [-0.3, -0.25) is 9.69 Å². The first-order valence-corrected chi connectivity index (χ1v) is 6.47. The van der Waals surface area contributed by atoms with Gasteiger partial charge in [-0.15, -0.1) is 0 Å². The molecule has 3 nitrogen and oxygen atoms in total. The van der Waals surface area contributed by atoms with Crippen molar-refractivity contribution in [1.82, 2.24) is 9.80 Å². The van der Waals surface area contributed by atoms with Crippen LogP contribution >= 0.6 is 0 Å². The van der Waals surface area contributed by atoms with Crippen molar-refractivity contribution in [2.75, 3.05) is 33.2 Å². The number of carbonyl (C=O) groups excluding carboxylic acids is 1. The van der Waals surface area contributed by atoms with E-state index in [1.54, 1.807) is 0 Å². The molecule has 0 aliphatic rings. The van der Waals surface area contributed by atoms with Gasteiger partial charge in [0.2, 0.25) is 5.91 Å². The molecule has 98 valence electrons. The first-order chi connectivity index (χ1) is 7.51. The van der Waals surface area contributed by atoms with E-state index in [0.29, 0.717) is 12.5 Å². The van der Waals surface area contributed by atoms with Gasteiger partial charge in [0.25, 0.3) is 0 Å². The first kappa shape index (κ1) is 17.8. The predicted octanol–water partition coefficient (Wildman–Crippen LogP) is 2.47. The third-order valence-electron chi connectivity index (χ3n) is 2.20. The lowest BCUT2D eigenvalue weighted by molar-refractivity contribution is -0.131. The van der Waals surface area contributed by atoms with Gasteiger partial charge in [0.15, 0.2) is 0 Å². The van der Waals surface area contributed by atoms with E-state index in [2.05, 4.69) is 18.7 Å². The highest BCUT2D eigenvalue weighted by atomic mass is 16.2. The molecule has 0 unspecified atom stereocenters. The maximum Gasteiger partial charge on any atom is 0.236 e. The molecule has 0 radical (unpaired) electrons. The topological polar surface area (TPSA) is 23.6 Å². The summed E-state index contributed by atoms with van der Waals surface area (Å²) < 4.78 is 0. The molecular weight excluding hydrogens is 200 g/mol. The summed E-state index contributed by atoms with van der Waals surface area (Å²) in [6.07, 6.45) is 0. The zero-order valence-corrected chi connectivity index (χ0v) is 12.2. The number of hydrogen-bond donors (Lipinski definition) is 0. The predicted molar refractivity (Wildman–Crippen MR) is 71.6 cm³/mol. The second kappa shape index (κ2) is 10.9. The first-order valence-electron chi connectivity index (χ1n) is 6.47. The van der Waals surface area contributed by atoms with Crippen LogP contribution < -0.4 is 0 Å². The van der Waals surface area contributed by atoms with Crippen LogP contribution in [0.25, 0.3) is 0 Å². The van der Waals surface area contributed by atoms with Crippen LogP contribution in [0.1, 0.15) is 41.5 Å². The molecule has 0 aliphatic heterocycles. The summed E-state index contributed by atoms with van der Waals surface area (Å²) in [5.41, 5.74) is 0.